The number of benzene rings is 8. The third kappa shape index (κ3) is 4.22. The minimum Gasteiger partial charge on any atom is -0.310 e. The highest BCUT2D eigenvalue weighted by Crippen LogP contribution is 2.44. The molecule has 246 valence electrons. The van der Waals surface area contributed by atoms with Gasteiger partial charge in [-0.1, -0.05) is 109 Å². The summed E-state index contributed by atoms with van der Waals surface area (Å²) in [6.45, 7) is 7.79. The van der Waals surface area contributed by atoms with Crippen molar-refractivity contribution >= 4 is 71.1 Å². The molecule has 0 saturated heterocycles. The zero-order valence-electron chi connectivity index (χ0n) is 28.6. The molecule has 53 heavy (non-hydrogen) atoms. The van der Waals surface area contributed by atoms with Gasteiger partial charge >= 0.3 is 0 Å². The van der Waals surface area contributed by atoms with E-state index < -0.39 is 0 Å². The second kappa shape index (κ2) is 11.3. The Kier molecular flexibility index (Phi) is 6.28. The van der Waals surface area contributed by atoms with Crippen LogP contribution in [-0.2, 0) is 0 Å². The Balaban J connectivity index is 1.20. The van der Waals surface area contributed by atoms with E-state index in [-0.39, 0.29) is 0 Å². The predicted molar refractivity (Wildman–Crippen MR) is 221 cm³/mol. The number of rotatable bonds is 4. The van der Waals surface area contributed by atoms with Crippen molar-refractivity contribution in [3.8, 4) is 28.2 Å². The van der Waals surface area contributed by atoms with Gasteiger partial charge in [0.1, 0.15) is 0 Å². The van der Waals surface area contributed by atoms with Crippen LogP contribution in [0.3, 0.4) is 0 Å². The van der Waals surface area contributed by atoms with E-state index in [1.54, 1.807) is 0 Å². The zero-order valence-corrected chi connectivity index (χ0v) is 28.6. The number of aromatic nitrogens is 3. The van der Waals surface area contributed by atoms with Gasteiger partial charge < -0.3 is 13.7 Å². The van der Waals surface area contributed by atoms with Gasteiger partial charge in [0.2, 0.25) is 0 Å². The van der Waals surface area contributed by atoms with Gasteiger partial charge in [-0.15, -0.1) is 0 Å². The van der Waals surface area contributed by atoms with E-state index in [9.17, 15) is 0 Å². The fraction of sp³-hybridized carbons (Fsp3) is 0. The van der Waals surface area contributed by atoms with E-state index in [2.05, 4.69) is 182 Å². The minimum atomic E-state index is 0.633. The Morgan fingerprint density at radius 2 is 0.887 bits per heavy atom. The lowest BCUT2D eigenvalue weighted by Crippen LogP contribution is -1.97. The molecule has 0 radical (unpaired) electrons. The second-order valence-corrected chi connectivity index (χ2v) is 13.6. The highest BCUT2D eigenvalue weighted by atomic mass is 15.0. The molecule has 11 aromatic rings. The molecular formula is C49H30N4. The third-order valence-corrected chi connectivity index (χ3v) is 10.8. The molecule has 0 saturated carbocycles. The first-order chi connectivity index (χ1) is 26.3. The highest BCUT2D eigenvalue weighted by Gasteiger charge is 2.22. The fourth-order valence-electron chi connectivity index (χ4n) is 8.65. The van der Waals surface area contributed by atoms with Crippen molar-refractivity contribution in [3.05, 3.63) is 193 Å². The molecule has 8 aromatic carbocycles. The number of hydrogen-bond donors (Lipinski definition) is 0. The average molecular weight is 675 g/mol. The van der Waals surface area contributed by atoms with Crippen LogP contribution in [0, 0.1) is 6.57 Å². The molecule has 0 fully saturated rings. The topological polar surface area (TPSA) is 19.1 Å². The van der Waals surface area contributed by atoms with Gasteiger partial charge in [0.15, 0.2) is 5.69 Å². The molecule has 0 N–H and O–H groups in total. The molecule has 0 aliphatic heterocycles. The van der Waals surface area contributed by atoms with Crippen LogP contribution in [0.5, 0.6) is 0 Å². The quantitative estimate of drug-likeness (QED) is 0.166. The standard InChI is InChI=1S/C49H30N4/c1-50-33-25-26-39-47(31-33)52(35-16-6-3-7-17-35)45-28-29-46-48(49(39)45)38-20-10-13-23-43(38)53(46)41-21-11-8-18-36(41)32-24-27-44-40(30-32)37-19-9-12-22-42(37)51(44)34-14-4-2-5-15-34/h2-31H. The van der Waals surface area contributed by atoms with Crippen molar-refractivity contribution in [2.45, 2.75) is 0 Å². The van der Waals surface area contributed by atoms with Crippen LogP contribution in [0.15, 0.2) is 182 Å². The molecule has 0 aliphatic carbocycles. The summed E-state index contributed by atoms with van der Waals surface area (Å²) in [5.41, 5.74) is 13.2. The van der Waals surface area contributed by atoms with Crippen LogP contribution in [0.25, 0.3) is 98.5 Å². The Morgan fingerprint density at radius 1 is 0.358 bits per heavy atom. The van der Waals surface area contributed by atoms with E-state index in [0.717, 1.165) is 44.5 Å². The maximum Gasteiger partial charge on any atom is 0.189 e. The molecule has 11 rings (SSSR count). The number of nitrogens with zero attached hydrogens (tertiary/aromatic N) is 4. The summed E-state index contributed by atoms with van der Waals surface area (Å²) in [5.74, 6) is 0. The molecule has 0 spiro atoms. The van der Waals surface area contributed by atoms with Gasteiger partial charge in [-0.05, 0) is 78.4 Å². The van der Waals surface area contributed by atoms with Crippen LogP contribution in [0.2, 0.25) is 0 Å². The van der Waals surface area contributed by atoms with Gasteiger partial charge in [-0.25, -0.2) is 4.85 Å². The molecule has 3 heterocycles. The largest absolute Gasteiger partial charge is 0.310 e. The monoisotopic (exact) mass is 674 g/mol. The minimum absolute atomic E-state index is 0.633. The fourth-order valence-corrected chi connectivity index (χ4v) is 8.65. The Hall–Kier alpha value is -7.35. The van der Waals surface area contributed by atoms with E-state index in [1.807, 2.05) is 18.2 Å². The SMILES string of the molecule is [C-]#[N+]c1ccc2c3c4c5ccccc5n(-c5ccccc5-c5ccc6c(c5)c5ccccc5n6-c5ccccc5)c4ccc3n(-c3ccccc3)c2c1. The van der Waals surface area contributed by atoms with Gasteiger partial charge in [-0.2, -0.15) is 0 Å². The summed E-state index contributed by atoms with van der Waals surface area (Å²) >= 11 is 0. The lowest BCUT2D eigenvalue weighted by Gasteiger charge is -2.15. The molecule has 0 aliphatic rings. The van der Waals surface area contributed by atoms with Crippen molar-refractivity contribution in [2.75, 3.05) is 0 Å². The maximum atomic E-state index is 7.79. The lowest BCUT2D eigenvalue weighted by molar-refractivity contribution is 1.17. The van der Waals surface area contributed by atoms with Crippen molar-refractivity contribution < 1.29 is 0 Å². The first-order valence-corrected chi connectivity index (χ1v) is 17.9. The summed E-state index contributed by atoms with van der Waals surface area (Å²) in [5, 5.41) is 7.21. The van der Waals surface area contributed by atoms with Crippen LogP contribution in [-0.4, -0.2) is 13.7 Å². The average Bonchev–Trinajstić information content (AvgIpc) is 3.86. The molecule has 0 amide bonds. The maximum absolute atomic E-state index is 7.79. The Morgan fingerprint density at radius 3 is 1.60 bits per heavy atom. The second-order valence-electron chi connectivity index (χ2n) is 13.6. The molecule has 0 atom stereocenters. The molecule has 3 aromatic heterocycles. The van der Waals surface area contributed by atoms with Crippen LogP contribution < -0.4 is 0 Å². The molecule has 4 heteroatoms. The first kappa shape index (κ1) is 29.4. The van der Waals surface area contributed by atoms with E-state index in [4.69, 9.17) is 6.57 Å². The zero-order chi connectivity index (χ0) is 35.0. The van der Waals surface area contributed by atoms with E-state index >= 15 is 0 Å². The smallest absolute Gasteiger partial charge is 0.189 e. The highest BCUT2D eigenvalue weighted by molar-refractivity contribution is 6.29. The third-order valence-electron chi connectivity index (χ3n) is 10.8. The van der Waals surface area contributed by atoms with Gasteiger partial charge in [0.25, 0.3) is 0 Å². The Bertz CT molecular complexity index is 3280. The van der Waals surface area contributed by atoms with Gasteiger partial charge in [0, 0.05) is 54.8 Å². The van der Waals surface area contributed by atoms with E-state index in [0.29, 0.717) is 5.69 Å². The summed E-state index contributed by atoms with van der Waals surface area (Å²) in [6, 6.07) is 64.9. The van der Waals surface area contributed by atoms with Crippen molar-refractivity contribution in [3.63, 3.8) is 0 Å². The van der Waals surface area contributed by atoms with Crippen molar-refractivity contribution in [1.82, 2.24) is 13.7 Å². The molecule has 0 unspecified atom stereocenters. The predicted octanol–water partition coefficient (Wildman–Crippen LogP) is 13.2. The lowest BCUT2D eigenvalue weighted by atomic mass is 10.0. The molecule has 0 bridgehead atoms. The normalized spacial score (nSPS) is 11.8. The van der Waals surface area contributed by atoms with Gasteiger partial charge in [-0.3, -0.25) is 0 Å². The number of hydrogen-bond acceptors (Lipinski definition) is 0. The molecule has 4 nitrogen and oxygen atoms in total. The summed E-state index contributed by atoms with van der Waals surface area (Å²) in [4.78, 5) is 3.80. The van der Waals surface area contributed by atoms with Crippen LogP contribution >= 0.6 is 0 Å². The summed E-state index contributed by atoms with van der Waals surface area (Å²) < 4.78 is 7.11. The van der Waals surface area contributed by atoms with E-state index in [1.165, 1.54) is 49.1 Å². The van der Waals surface area contributed by atoms with Crippen LogP contribution in [0.1, 0.15) is 0 Å². The Labute approximate surface area is 305 Å². The van der Waals surface area contributed by atoms with Crippen molar-refractivity contribution in [2.24, 2.45) is 0 Å². The van der Waals surface area contributed by atoms with Crippen LogP contribution in [0.4, 0.5) is 5.69 Å². The molecular weight excluding hydrogens is 645 g/mol. The summed E-state index contributed by atoms with van der Waals surface area (Å²) in [6.07, 6.45) is 0. The number of para-hydroxylation sites is 5. The first-order valence-electron chi connectivity index (χ1n) is 17.9. The number of fused-ring (bicyclic) bond motifs is 10. The van der Waals surface area contributed by atoms with Gasteiger partial charge in [0.05, 0.1) is 39.8 Å². The summed E-state index contributed by atoms with van der Waals surface area (Å²) in [7, 11) is 0. The van der Waals surface area contributed by atoms with Crippen molar-refractivity contribution in [1.29, 1.82) is 0 Å².